The van der Waals surface area contributed by atoms with Crippen molar-refractivity contribution in [3.63, 3.8) is 0 Å². The van der Waals surface area contributed by atoms with Crippen molar-refractivity contribution in [2.45, 2.75) is 71.5 Å². The molecule has 0 spiro atoms. The number of aryl methyl sites for hydroxylation is 2. The van der Waals surface area contributed by atoms with Crippen molar-refractivity contribution in [3.05, 3.63) is 53.2 Å². The Morgan fingerprint density at radius 3 is 2.64 bits per heavy atom. The Morgan fingerprint density at radius 2 is 1.97 bits per heavy atom. The molecule has 206 valence electrons. The van der Waals surface area contributed by atoms with E-state index in [4.69, 9.17) is 4.98 Å². The number of benzene rings is 1. The normalized spacial score (nSPS) is 20.7. The third-order valence-corrected chi connectivity index (χ3v) is 8.20. The lowest BCUT2D eigenvalue weighted by Gasteiger charge is -2.52. The van der Waals surface area contributed by atoms with Crippen LogP contribution in [0.1, 0.15) is 67.9 Å². The number of nitrogens with zero attached hydrogens (tertiary/aromatic N) is 3. The second kappa shape index (κ2) is 9.91. The van der Waals surface area contributed by atoms with Gasteiger partial charge in [-0.3, -0.25) is 9.48 Å². The number of nitrogens with one attached hydrogen (secondary N) is 4. The van der Waals surface area contributed by atoms with E-state index in [1.807, 2.05) is 44.3 Å². The van der Waals surface area contributed by atoms with Crippen molar-refractivity contribution in [3.8, 4) is 11.3 Å². The number of anilines is 3. The molecular formula is C29H37N7O3. The highest BCUT2D eigenvalue weighted by Gasteiger charge is 2.51. The Balaban J connectivity index is 1.69. The Hall–Kier alpha value is -4.08. The molecule has 39 heavy (non-hydrogen) atoms. The molecule has 1 saturated carbocycles. The number of fused-ring (bicyclic) bond motifs is 1. The topological polar surface area (TPSA) is 133 Å². The van der Waals surface area contributed by atoms with Crippen molar-refractivity contribution in [2.75, 3.05) is 10.6 Å². The molecule has 3 aromatic rings. The predicted molar refractivity (Wildman–Crippen MR) is 151 cm³/mol. The van der Waals surface area contributed by atoms with E-state index in [9.17, 15) is 14.7 Å². The van der Waals surface area contributed by atoms with Gasteiger partial charge in [-0.05, 0) is 48.9 Å². The number of carbonyl (C=O) groups is 2. The van der Waals surface area contributed by atoms with Gasteiger partial charge >= 0.3 is 6.09 Å². The summed E-state index contributed by atoms with van der Waals surface area (Å²) in [4.78, 5) is 30.2. The first-order valence-corrected chi connectivity index (χ1v) is 13.4. The average Bonchev–Trinajstić information content (AvgIpc) is 3.45. The van der Waals surface area contributed by atoms with Gasteiger partial charge in [0.05, 0.1) is 22.8 Å². The minimum Gasteiger partial charge on any atom is -0.465 e. The SMILES string of the molecule is Cc1cccc(Nc2nc(NC3CCCCC3(NC(=O)O)C(C)(C)C)c(-c3ccnn3C)c3c2C(=O)NC3)c1. The van der Waals surface area contributed by atoms with E-state index in [-0.39, 0.29) is 17.4 Å². The van der Waals surface area contributed by atoms with Gasteiger partial charge in [0.15, 0.2) is 0 Å². The molecule has 10 nitrogen and oxygen atoms in total. The highest BCUT2D eigenvalue weighted by Crippen LogP contribution is 2.45. The summed E-state index contributed by atoms with van der Waals surface area (Å²) < 4.78 is 1.77. The Kier molecular flexibility index (Phi) is 6.74. The Labute approximate surface area is 228 Å². The second-order valence-electron chi connectivity index (χ2n) is 11.6. The molecule has 1 aliphatic heterocycles. The molecule has 3 heterocycles. The highest BCUT2D eigenvalue weighted by molar-refractivity contribution is 6.06. The molecule has 5 N–H and O–H groups in total. The molecule has 2 aliphatic rings. The van der Waals surface area contributed by atoms with Crippen LogP contribution < -0.4 is 21.3 Å². The summed E-state index contributed by atoms with van der Waals surface area (Å²) in [6.45, 7) is 8.60. The summed E-state index contributed by atoms with van der Waals surface area (Å²) in [7, 11) is 1.86. The lowest BCUT2D eigenvalue weighted by molar-refractivity contribution is 0.0720. The summed E-state index contributed by atoms with van der Waals surface area (Å²) >= 11 is 0. The number of carboxylic acid groups (broad SMARTS) is 1. The van der Waals surface area contributed by atoms with Crippen molar-refractivity contribution in [2.24, 2.45) is 12.5 Å². The summed E-state index contributed by atoms with van der Waals surface area (Å²) in [5.74, 6) is 0.871. The van der Waals surface area contributed by atoms with Gasteiger partial charge in [-0.15, -0.1) is 0 Å². The van der Waals surface area contributed by atoms with Gasteiger partial charge in [-0.1, -0.05) is 45.7 Å². The largest absolute Gasteiger partial charge is 0.465 e. The van der Waals surface area contributed by atoms with Crippen LogP contribution in [-0.2, 0) is 13.6 Å². The maximum absolute atomic E-state index is 13.1. The highest BCUT2D eigenvalue weighted by atomic mass is 16.4. The molecule has 2 unspecified atom stereocenters. The molecular weight excluding hydrogens is 494 g/mol. The van der Waals surface area contributed by atoms with Gasteiger partial charge < -0.3 is 26.4 Å². The number of pyridine rings is 1. The minimum atomic E-state index is -1.04. The standard InChI is InChI=1S/C29H37N7O3/c1-17-9-8-10-18(15-17)32-25-23-19(16-30-26(23)37)22(20-12-14-31-36(20)5)24(34-25)33-21-11-6-7-13-29(21,28(2,3)4)35-27(38)39/h8-10,12,14-15,21,35H,6-7,11,13,16H2,1-5H3,(H,30,37)(H,38,39)(H2,32,33,34). The molecule has 1 fully saturated rings. The molecule has 1 aliphatic carbocycles. The summed E-state index contributed by atoms with van der Waals surface area (Å²) in [6.07, 6.45) is 4.07. The van der Waals surface area contributed by atoms with Gasteiger partial charge in [-0.25, -0.2) is 9.78 Å². The van der Waals surface area contributed by atoms with Crippen LogP contribution in [0.2, 0.25) is 0 Å². The van der Waals surface area contributed by atoms with Crippen LogP contribution in [0.3, 0.4) is 0 Å². The molecule has 0 bridgehead atoms. The first-order chi connectivity index (χ1) is 18.5. The number of hydrogen-bond donors (Lipinski definition) is 5. The molecule has 5 rings (SSSR count). The fraction of sp³-hybridized carbons (Fsp3) is 0.448. The fourth-order valence-electron chi connectivity index (χ4n) is 6.22. The van der Waals surface area contributed by atoms with Crippen LogP contribution in [-0.4, -0.2) is 43.5 Å². The van der Waals surface area contributed by atoms with Gasteiger partial charge in [-0.2, -0.15) is 5.10 Å². The van der Waals surface area contributed by atoms with E-state index in [2.05, 4.69) is 47.1 Å². The zero-order valence-electron chi connectivity index (χ0n) is 23.2. The first kappa shape index (κ1) is 26.5. The number of hydrogen-bond acceptors (Lipinski definition) is 6. The monoisotopic (exact) mass is 531 g/mol. The van der Waals surface area contributed by atoms with E-state index in [1.54, 1.807) is 10.9 Å². The van der Waals surface area contributed by atoms with Crippen LogP contribution >= 0.6 is 0 Å². The minimum absolute atomic E-state index is 0.183. The van der Waals surface area contributed by atoms with Crippen LogP contribution in [0.25, 0.3) is 11.3 Å². The van der Waals surface area contributed by atoms with E-state index >= 15 is 0 Å². The molecule has 2 amide bonds. The molecule has 0 saturated heterocycles. The lowest BCUT2D eigenvalue weighted by atomic mass is 9.62. The van der Waals surface area contributed by atoms with Gasteiger partial charge in [0.1, 0.15) is 11.6 Å². The Bertz CT molecular complexity index is 1420. The molecule has 2 aromatic heterocycles. The maximum atomic E-state index is 13.1. The van der Waals surface area contributed by atoms with E-state index < -0.39 is 11.6 Å². The third-order valence-electron chi connectivity index (χ3n) is 8.20. The second-order valence-corrected chi connectivity index (χ2v) is 11.6. The van der Waals surface area contributed by atoms with Gasteiger partial charge in [0, 0.05) is 36.6 Å². The van der Waals surface area contributed by atoms with Crippen molar-refractivity contribution >= 4 is 29.3 Å². The third kappa shape index (κ3) is 4.79. The molecule has 2 atom stereocenters. The van der Waals surface area contributed by atoms with Gasteiger partial charge in [0.25, 0.3) is 5.91 Å². The van der Waals surface area contributed by atoms with Crippen LogP contribution in [0.4, 0.5) is 22.1 Å². The van der Waals surface area contributed by atoms with Crippen LogP contribution in [0.5, 0.6) is 0 Å². The van der Waals surface area contributed by atoms with Crippen molar-refractivity contribution < 1.29 is 14.7 Å². The number of carbonyl (C=O) groups excluding carboxylic acids is 1. The predicted octanol–water partition coefficient (Wildman–Crippen LogP) is 5.18. The zero-order valence-corrected chi connectivity index (χ0v) is 23.2. The maximum Gasteiger partial charge on any atom is 0.405 e. The van der Waals surface area contributed by atoms with Crippen molar-refractivity contribution in [1.82, 2.24) is 25.4 Å². The summed E-state index contributed by atoms with van der Waals surface area (Å²) in [6, 6.07) is 9.60. The van der Waals surface area contributed by atoms with E-state index in [0.717, 1.165) is 47.3 Å². The molecule has 10 heteroatoms. The summed E-state index contributed by atoms with van der Waals surface area (Å²) in [5.41, 5.74) is 3.78. The fourth-order valence-corrected chi connectivity index (χ4v) is 6.22. The smallest absolute Gasteiger partial charge is 0.405 e. The summed E-state index contributed by atoms with van der Waals surface area (Å²) in [5, 5.41) is 27.2. The number of aromatic nitrogens is 3. The van der Waals surface area contributed by atoms with E-state index in [0.29, 0.717) is 30.2 Å². The zero-order chi connectivity index (χ0) is 27.9. The average molecular weight is 532 g/mol. The first-order valence-electron chi connectivity index (χ1n) is 13.4. The lowest BCUT2D eigenvalue weighted by Crippen LogP contribution is -2.67. The number of amides is 2. The number of rotatable bonds is 6. The van der Waals surface area contributed by atoms with Gasteiger partial charge in [0.2, 0.25) is 0 Å². The van der Waals surface area contributed by atoms with E-state index in [1.165, 1.54) is 0 Å². The van der Waals surface area contributed by atoms with Crippen LogP contribution in [0.15, 0.2) is 36.5 Å². The van der Waals surface area contributed by atoms with Crippen LogP contribution in [0, 0.1) is 12.3 Å². The van der Waals surface area contributed by atoms with Crippen molar-refractivity contribution in [1.29, 1.82) is 0 Å². The molecule has 0 radical (unpaired) electrons. The molecule has 1 aromatic carbocycles. The quantitative estimate of drug-likeness (QED) is 0.296. The Morgan fingerprint density at radius 1 is 1.18 bits per heavy atom.